The summed E-state index contributed by atoms with van der Waals surface area (Å²) in [5.74, 6) is 1.55. The lowest BCUT2D eigenvalue weighted by atomic mass is 9.99. The van der Waals surface area contributed by atoms with Gasteiger partial charge in [0.1, 0.15) is 11.5 Å². The summed E-state index contributed by atoms with van der Waals surface area (Å²) in [6.07, 6.45) is 0. The van der Waals surface area contributed by atoms with Crippen molar-refractivity contribution in [1.29, 1.82) is 0 Å². The molecule has 238 valence electrons. The Morgan fingerprint density at radius 3 is 1.06 bits per heavy atom. The summed E-state index contributed by atoms with van der Waals surface area (Å²) in [4.78, 5) is 4.55. The lowest BCUT2D eigenvalue weighted by Gasteiger charge is -2.28. The van der Waals surface area contributed by atoms with Gasteiger partial charge in [-0.15, -0.1) is 0 Å². The van der Waals surface area contributed by atoms with Crippen LogP contribution in [-0.4, -0.2) is 0 Å². The van der Waals surface area contributed by atoms with Gasteiger partial charge in [-0.25, -0.2) is 0 Å². The number of para-hydroxylation sites is 2. The van der Waals surface area contributed by atoms with Crippen molar-refractivity contribution in [1.82, 2.24) is 0 Å². The summed E-state index contributed by atoms with van der Waals surface area (Å²) < 4.78 is 6.26. The van der Waals surface area contributed by atoms with Crippen molar-refractivity contribution in [2.45, 2.75) is 13.8 Å². The fourth-order valence-electron chi connectivity index (χ4n) is 5.94. The Kier molecular flexibility index (Phi) is 9.07. The second kappa shape index (κ2) is 14.2. The third-order valence-corrected chi connectivity index (χ3v) is 8.62. The monoisotopic (exact) mass is 634 g/mol. The van der Waals surface area contributed by atoms with Gasteiger partial charge in [-0.1, -0.05) is 103 Å². The molecule has 0 aliphatic heterocycles. The van der Waals surface area contributed by atoms with Crippen LogP contribution in [0, 0.1) is 13.8 Å². The van der Waals surface area contributed by atoms with Crippen LogP contribution in [0.5, 0.6) is 11.5 Å². The highest BCUT2D eigenvalue weighted by Gasteiger charge is 2.16. The number of benzene rings is 7. The van der Waals surface area contributed by atoms with Crippen molar-refractivity contribution in [3.8, 4) is 11.5 Å². The molecule has 0 aromatic heterocycles. The van der Waals surface area contributed by atoms with Crippen molar-refractivity contribution in [2.24, 2.45) is 0 Å². The maximum atomic E-state index is 6.26. The second-order valence-electron chi connectivity index (χ2n) is 12.2. The minimum atomic E-state index is 0.772. The van der Waals surface area contributed by atoms with Gasteiger partial charge in [0, 0.05) is 34.1 Å². The van der Waals surface area contributed by atoms with Crippen molar-refractivity contribution >= 4 is 39.7 Å². The van der Waals surface area contributed by atoms with Crippen LogP contribution in [0.25, 0.3) is 5.57 Å². The number of ether oxygens (including phenoxy) is 1. The van der Waals surface area contributed by atoms with E-state index >= 15 is 0 Å². The third-order valence-electron chi connectivity index (χ3n) is 8.62. The maximum absolute atomic E-state index is 6.26. The van der Waals surface area contributed by atoms with Crippen LogP contribution in [-0.2, 0) is 0 Å². The van der Waals surface area contributed by atoms with E-state index in [1.54, 1.807) is 0 Å². The molecule has 0 saturated carbocycles. The van der Waals surface area contributed by atoms with E-state index in [2.05, 4.69) is 182 Å². The molecular formula is C46H38N2O. The van der Waals surface area contributed by atoms with Gasteiger partial charge >= 0.3 is 0 Å². The molecule has 0 amide bonds. The summed E-state index contributed by atoms with van der Waals surface area (Å²) in [5, 5.41) is 0. The van der Waals surface area contributed by atoms with Crippen LogP contribution in [0.2, 0.25) is 0 Å². The average Bonchev–Trinajstić information content (AvgIpc) is 3.15. The van der Waals surface area contributed by atoms with Gasteiger partial charge in [0.15, 0.2) is 0 Å². The van der Waals surface area contributed by atoms with Crippen LogP contribution in [0.1, 0.15) is 22.3 Å². The Bertz CT molecular complexity index is 2120. The zero-order valence-electron chi connectivity index (χ0n) is 27.8. The first-order chi connectivity index (χ1) is 24.0. The van der Waals surface area contributed by atoms with E-state index in [1.165, 1.54) is 11.1 Å². The summed E-state index contributed by atoms with van der Waals surface area (Å²) in [5.41, 5.74) is 12.1. The van der Waals surface area contributed by atoms with Crippen LogP contribution in [0.3, 0.4) is 0 Å². The van der Waals surface area contributed by atoms with Crippen molar-refractivity contribution in [2.75, 3.05) is 9.80 Å². The molecule has 0 aliphatic carbocycles. The Morgan fingerprint density at radius 2 is 0.653 bits per heavy atom. The first-order valence-electron chi connectivity index (χ1n) is 16.5. The Labute approximate surface area is 289 Å². The molecule has 0 spiro atoms. The van der Waals surface area contributed by atoms with Gasteiger partial charge in [0.05, 0.1) is 0 Å². The zero-order chi connectivity index (χ0) is 33.6. The van der Waals surface area contributed by atoms with E-state index in [0.717, 1.165) is 62.3 Å². The Balaban J connectivity index is 1.13. The zero-order valence-corrected chi connectivity index (χ0v) is 27.8. The molecule has 3 nitrogen and oxygen atoms in total. The summed E-state index contributed by atoms with van der Waals surface area (Å²) in [7, 11) is 0. The predicted molar refractivity (Wildman–Crippen MR) is 206 cm³/mol. The standard InChI is InChI=1S/C46H38N2O/c1-34-14-18-37(19-15-34)36(3)38-20-30-45(31-21-38)49-46-32-28-44(29-33-46)48(40-12-8-5-9-13-40)43-26-24-42(25-27-43)47(39-10-6-4-7-11-39)41-22-16-35(2)17-23-41/h4-33H,3H2,1-2H3. The number of aryl methyl sites for hydroxylation is 2. The molecule has 0 saturated heterocycles. The first-order valence-corrected chi connectivity index (χ1v) is 16.5. The van der Waals surface area contributed by atoms with Crippen LogP contribution < -0.4 is 14.5 Å². The molecule has 0 N–H and O–H groups in total. The molecule has 0 heterocycles. The topological polar surface area (TPSA) is 15.7 Å². The highest BCUT2D eigenvalue weighted by atomic mass is 16.5. The molecule has 0 aliphatic rings. The van der Waals surface area contributed by atoms with E-state index in [0.29, 0.717) is 0 Å². The summed E-state index contributed by atoms with van der Waals surface area (Å²) in [6.45, 7) is 8.52. The van der Waals surface area contributed by atoms with Crippen molar-refractivity contribution < 1.29 is 4.74 Å². The molecule has 49 heavy (non-hydrogen) atoms. The molecule has 0 unspecified atom stereocenters. The quantitative estimate of drug-likeness (QED) is 0.149. The molecule has 0 fully saturated rings. The molecule has 0 bridgehead atoms. The van der Waals surface area contributed by atoms with Crippen LogP contribution in [0.15, 0.2) is 189 Å². The maximum Gasteiger partial charge on any atom is 0.127 e. The molecule has 7 aromatic carbocycles. The number of hydrogen-bond acceptors (Lipinski definition) is 3. The van der Waals surface area contributed by atoms with Gasteiger partial charge in [0.25, 0.3) is 0 Å². The van der Waals surface area contributed by atoms with E-state index in [1.807, 2.05) is 30.3 Å². The molecule has 7 rings (SSSR count). The molecular weight excluding hydrogens is 597 g/mol. The van der Waals surface area contributed by atoms with Gasteiger partial charge in [-0.3, -0.25) is 0 Å². The molecule has 7 aromatic rings. The molecule has 0 radical (unpaired) electrons. The largest absolute Gasteiger partial charge is 0.457 e. The number of hydrogen-bond donors (Lipinski definition) is 0. The molecule has 3 heteroatoms. The summed E-state index contributed by atoms with van der Waals surface area (Å²) >= 11 is 0. The highest BCUT2D eigenvalue weighted by molar-refractivity contribution is 5.81. The third kappa shape index (κ3) is 7.17. The van der Waals surface area contributed by atoms with Crippen molar-refractivity contribution in [3.63, 3.8) is 0 Å². The number of nitrogens with zero attached hydrogens (tertiary/aromatic N) is 2. The SMILES string of the molecule is C=C(c1ccc(C)cc1)c1ccc(Oc2ccc(N(c3ccccc3)c3ccc(N(c4ccccc4)c4ccc(C)cc4)cc3)cc2)cc1. The van der Waals surface area contributed by atoms with Gasteiger partial charge in [0.2, 0.25) is 0 Å². The van der Waals surface area contributed by atoms with Gasteiger partial charge in [-0.05, 0) is 128 Å². The van der Waals surface area contributed by atoms with E-state index in [4.69, 9.17) is 4.74 Å². The minimum absolute atomic E-state index is 0.772. The second-order valence-corrected chi connectivity index (χ2v) is 12.2. The predicted octanol–water partition coefficient (Wildman–Crippen LogP) is 13.1. The van der Waals surface area contributed by atoms with E-state index < -0.39 is 0 Å². The normalized spacial score (nSPS) is 10.7. The number of rotatable bonds is 10. The average molecular weight is 635 g/mol. The highest BCUT2D eigenvalue weighted by Crippen LogP contribution is 2.39. The smallest absolute Gasteiger partial charge is 0.127 e. The fourth-order valence-corrected chi connectivity index (χ4v) is 5.94. The lowest BCUT2D eigenvalue weighted by molar-refractivity contribution is 0.482. The summed E-state index contributed by atoms with van der Waals surface area (Å²) in [6, 6.07) is 63.1. The first kappa shape index (κ1) is 31.3. The number of anilines is 6. The minimum Gasteiger partial charge on any atom is -0.457 e. The molecule has 0 atom stereocenters. The van der Waals surface area contributed by atoms with E-state index in [9.17, 15) is 0 Å². The van der Waals surface area contributed by atoms with E-state index in [-0.39, 0.29) is 0 Å². The Morgan fingerprint density at radius 1 is 0.367 bits per heavy atom. The van der Waals surface area contributed by atoms with Crippen LogP contribution >= 0.6 is 0 Å². The fraction of sp³-hybridized carbons (Fsp3) is 0.0435. The van der Waals surface area contributed by atoms with Crippen molar-refractivity contribution in [3.05, 3.63) is 211 Å². The van der Waals surface area contributed by atoms with Gasteiger partial charge in [-0.2, -0.15) is 0 Å². The lowest BCUT2D eigenvalue weighted by Crippen LogP contribution is -2.12. The Hall–Kier alpha value is -6.32. The van der Waals surface area contributed by atoms with Gasteiger partial charge < -0.3 is 14.5 Å². The van der Waals surface area contributed by atoms with Crippen LogP contribution in [0.4, 0.5) is 34.1 Å².